The third kappa shape index (κ3) is 3.25. The molecule has 2 aromatic heterocycles. The highest BCUT2D eigenvalue weighted by atomic mass is 79.9. The lowest BCUT2D eigenvalue weighted by molar-refractivity contribution is 0.0698. The van der Waals surface area contributed by atoms with Crippen LogP contribution in [0.15, 0.2) is 26.9 Å². The van der Waals surface area contributed by atoms with E-state index in [1.54, 1.807) is 19.9 Å². The molecule has 2 rings (SSSR count). The summed E-state index contributed by atoms with van der Waals surface area (Å²) in [6.07, 6.45) is 0. The van der Waals surface area contributed by atoms with Crippen LogP contribution < -0.4 is 4.72 Å². The summed E-state index contributed by atoms with van der Waals surface area (Å²) in [5.74, 6) is -1.13. The second kappa shape index (κ2) is 5.74. The fourth-order valence-electron chi connectivity index (χ4n) is 1.70. The molecule has 0 amide bonds. The minimum atomic E-state index is -4.00. The first-order valence-electron chi connectivity index (χ1n) is 5.69. The normalized spacial score (nSPS) is 11.4. The van der Waals surface area contributed by atoms with Gasteiger partial charge in [-0.2, -0.15) is 0 Å². The van der Waals surface area contributed by atoms with Gasteiger partial charge in [-0.3, -0.25) is 4.72 Å². The number of carbonyl (C=O) groups is 1. The molecule has 0 saturated carbocycles. The van der Waals surface area contributed by atoms with Crippen molar-refractivity contribution in [3.8, 4) is 0 Å². The Hall–Kier alpha value is -1.45. The zero-order valence-electron chi connectivity index (χ0n) is 11.0. The summed E-state index contributed by atoms with van der Waals surface area (Å²) in [5, 5.41) is 10.6. The van der Waals surface area contributed by atoms with E-state index < -0.39 is 16.0 Å². The molecule has 0 spiro atoms. The first kappa shape index (κ1) is 15.9. The van der Waals surface area contributed by atoms with Crippen LogP contribution in [-0.2, 0) is 10.0 Å². The molecule has 0 aliphatic heterocycles. The zero-order chi connectivity index (χ0) is 15.8. The molecule has 21 heavy (non-hydrogen) atoms. The Morgan fingerprint density at radius 3 is 2.62 bits per heavy atom. The maximum Gasteiger partial charge on any atom is 0.347 e. The van der Waals surface area contributed by atoms with E-state index in [9.17, 15) is 13.2 Å². The fourth-order valence-corrected chi connectivity index (χ4v) is 4.56. The van der Waals surface area contributed by atoms with Gasteiger partial charge in [0.25, 0.3) is 10.0 Å². The van der Waals surface area contributed by atoms with E-state index in [0.717, 1.165) is 15.8 Å². The summed E-state index contributed by atoms with van der Waals surface area (Å²) in [6.45, 7) is 3.28. The van der Waals surface area contributed by atoms with Crippen molar-refractivity contribution in [1.29, 1.82) is 0 Å². The second-order valence-corrected chi connectivity index (χ2v) is 7.60. The summed E-state index contributed by atoms with van der Waals surface area (Å²) in [7, 11) is -4.00. The minimum absolute atomic E-state index is 0.137. The number of aromatic carboxylic acids is 1. The van der Waals surface area contributed by atoms with Gasteiger partial charge in [0.2, 0.25) is 0 Å². The second-order valence-electron chi connectivity index (χ2n) is 4.25. The number of hydrogen-bond donors (Lipinski definition) is 2. The van der Waals surface area contributed by atoms with Gasteiger partial charge in [0.1, 0.15) is 15.6 Å². The van der Waals surface area contributed by atoms with Crippen LogP contribution in [0, 0.1) is 13.8 Å². The monoisotopic (exact) mass is 390 g/mol. The van der Waals surface area contributed by atoms with Crippen molar-refractivity contribution in [2.45, 2.75) is 18.7 Å². The van der Waals surface area contributed by atoms with Crippen molar-refractivity contribution < 1.29 is 18.3 Å². The topological polar surface area (TPSA) is 96.4 Å². The predicted molar refractivity (Wildman–Crippen MR) is 83.5 cm³/mol. The molecule has 2 N–H and O–H groups in total. The standard InChI is InChI=1S/C12H11BrN2O4S2/c1-6-5-20-10(12(16)17)11(6)21(18,19)15-9-4-3-8(13)7(2)14-9/h3-5H,1-2H3,(H,14,15)(H,16,17). The summed E-state index contributed by atoms with van der Waals surface area (Å²) in [6, 6.07) is 3.16. The number of rotatable bonds is 4. The SMILES string of the molecule is Cc1csc(C(=O)O)c1S(=O)(=O)Nc1ccc(Br)c(C)n1. The van der Waals surface area contributed by atoms with Gasteiger partial charge in [-0.25, -0.2) is 18.2 Å². The number of halogens is 1. The van der Waals surface area contributed by atoms with Crippen molar-refractivity contribution in [3.63, 3.8) is 0 Å². The summed E-state index contributed by atoms with van der Waals surface area (Å²) < 4.78 is 27.8. The van der Waals surface area contributed by atoms with Crippen LogP contribution in [0.4, 0.5) is 5.82 Å². The lowest BCUT2D eigenvalue weighted by Gasteiger charge is -2.09. The predicted octanol–water partition coefficient (Wildman–Crippen LogP) is 3.02. The van der Waals surface area contributed by atoms with Gasteiger partial charge < -0.3 is 5.11 Å². The van der Waals surface area contributed by atoms with Crippen LogP contribution in [0.2, 0.25) is 0 Å². The first-order valence-corrected chi connectivity index (χ1v) is 8.85. The van der Waals surface area contributed by atoms with E-state index in [1.165, 1.54) is 11.4 Å². The van der Waals surface area contributed by atoms with Gasteiger partial charge in [0, 0.05) is 4.47 Å². The lowest BCUT2D eigenvalue weighted by Crippen LogP contribution is -2.17. The number of anilines is 1. The molecule has 0 unspecified atom stereocenters. The lowest BCUT2D eigenvalue weighted by atomic mass is 10.3. The Bertz CT molecular complexity index is 815. The number of thiophene rings is 1. The molecule has 112 valence electrons. The van der Waals surface area contributed by atoms with E-state index in [0.29, 0.717) is 11.3 Å². The minimum Gasteiger partial charge on any atom is -0.477 e. The van der Waals surface area contributed by atoms with Gasteiger partial charge in [0.05, 0.1) is 5.69 Å². The number of aryl methyl sites for hydroxylation is 2. The quantitative estimate of drug-likeness (QED) is 0.835. The third-order valence-electron chi connectivity index (χ3n) is 2.64. The van der Waals surface area contributed by atoms with E-state index in [1.807, 2.05) is 0 Å². The molecule has 0 aliphatic carbocycles. The van der Waals surface area contributed by atoms with Gasteiger partial charge in [0.15, 0.2) is 0 Å². The van der Waals surface area contributed by atoms with Gasteiger partial charge in [-0.15, -0.1) is 11.3 Å². The summed E-state index contributed by atoms with van der Waals surface area (Å²) in [4.78, 5) is 14.8. The van der Waals surface area contributed by atoms with Crippen LogP contribution >= 0.6 is 27.3 Å². The number of nitrogens with one attached hydrogen (secondary N) is 1. The molecular weight excluding hydrogens is 380 g/mol. The van der Waals surface area contributed by atoms with E-state index in [-0.39, 0.29) is 15.6 Å². The highest BCUT2D eigenvalue weighted by Crippen LogP contribution is 2.28. The molecule has 0 bridgehead atoms. The number of carboxylic acid groups (broad SMARTS) is 1. The summed E-state index contributed by atoms with van der Waals surface area (Å²) in [5.41, 5.74) is 1.01. The van der Waals surface area contributed by atoms with Crippen molar-refractivity contribution in [2.75, 3.05) is 4.72 Å². The number of pyridine rings is 1. The summed E-state index contributed by atoms with van der Waals surface area (Å²) >= 11 is 4.15. The molecule has 0 fully saturated rings. The first-order chi connectivity index (χ1) is 9.72. The van der Waals surface area contributed by atoms with Gasteiger partial charge >= 0.3 is 5.97 Å². The molecule has 0 radical (unpaired) electrons. The molecule has 6 nitrogen and oxygen atoms in total. The third-order valence-corrected chi connectivity index (χ3v) is 6.24. The molecule has 0 saturated heterocycles. The van der Waals surface area contributed by atoms with Gasteiger partial charge in [-0.1, -0.05) is 0 Å². The highest BCUT2D eigenvalue weighted by molar-refractivity contribution is 9.10. The smallest absolute Gasteiger partial charge is 0.347 e. The van der Waals surface area contributed by atoms with Crippen LogP contribution in [0.5, 0.6) is 0 Å². The average molecular weight is 391 g/mol. The van der Waals surface area contributed by atoms with Crippen LogP contribution in [0.3, 0.4) is 0 Å². The maximum atomic E-state index is 12.4. The Kier molecular flexibility index (Phi) is 4.35. The molecule has 9 heteroatoms. The van der Waals surface area contributed by atoms with Crippen LogP contribution in [-0.4, -0.2) is 24.5 Å². The van der Waals surface area contributed by atoms with Crippen LogP contribution in [0.25, 0.3) is 0 Å². The zero-order valence-corrected chi connectivity index (χ0v) is 14.3. The Morgan fingerprint density at radius 2 is 2.05 bits per heavy atom. The number of sulfonamides is 1. The molecule has 2 aromatic rings. The Balaban J connectivity index is 2.45. The van der Waals surface area contributed by atoms with E-state index in [2.05, 4.69) is 25.6 Å². The van der Waals surface area contributed by atoms with Crippen molar-refractivity contribution in [2.24, 2.45) is 0 Å². The van der Waals surface area contributed by atoms with Crippen molar-refractivity contribution in [3.05, 3.63) is 38.1 Å². The molecule has 2 heterocycles. The number of aromatic nitrogens is 1. The Morgan fingerprint density at radius 1 is 1.38 bits per heavy atom. The van der Waals surface area contributed by atoms with Crippen molar-refractivity contribution in [1.82, 2.24) is 4.98 Å². The van der Waals surface area contributed by atoms with Crippen LogP contribution in [0.1, 0.15) is 20.9 Å². The highest BCUT2D eigenvalue weighted by Gasteiger charge is 2.27. The average Bonchev–Trinajstić information content (AvgIpc) is 2.76. The van der Waals surface area contributed by atoms with E-state index in [4.69, 9.17) is 5.11 Å². The Labute approximate surface area is 134 Å². The maximum absolute atomic E-state index is 12.4. The number of nitrogens with zero attached hydrogens (tertiary/aromatic N) is 1. The molecular formula is C12H11BrN2O4S2. The number of hydrogen-bond acceptors (Lipinski definition) is 5. The molecule has 0 atom stereocenters. The largest absolute Gasteiger partial charge is 0.477 e. The van der Waals surface area contributed by atoms with Gasteiger partial charge in [-0.05, 0) is 52.9 Å². The number of carboxylic acids is 1. The van der Waals surface area contributed by atoms with Crippen molar-refractivity contribution >= 4 is 49.1 Å². The molecule has 0 aromatic carbocycles. The molecule has 0 aliphatic rings. The fraction of sp³-hybridized carbons (Fsp3) is 0.167. The van der Waals surface area contributed by atoms with E-state index >= 15 is 0 Å².